The highest BCUT2D eigenvalue weighted by Gasteiger charge is 1.93. The number of hydrogen-bond acceptors (Lipinski definition) is 1. The number of hydrogen-bond donors (Lipinski definition) is 2. The third kappa shape index (κ3) is 1.77. The first-order valence-corrected chi connectivity index (χ1v) is 4.32. The molecule has 0 spiro atoms. The van der Waals surface area contributed by atoms with Crippen molar-refractivity contribution in [3.8, 4) is 0 Å². The van der Waals surface area contributed by atoms with E-state index in [0.717, 1.165) is 6.42 Å². The molecule has 0 aromatic carbocycles. The molecule has 12 heavy (non-hydrogen) atoms. The Morgan fingerprint density at radius 1 is 1.42 bits per heavy atom. The van der Waals surface area contributed by atoms with E-state index in [-0.39, 0.29) is 0 Å². The number of aromatic nitrogens is 1. The van der Waals surface area contributed by atoms with E-state index in [1.807, 2.05) is 13.8 Å². The van der Waals surface area contributed by atoms with Gasteiger partial charge in [-0.15, -0.1) is 0 Å². The van der Waals surface area contributed by atoms with E-state index >= 15 is 0 Å². The van der Waals surface area contributed by atoms with Crippen LogP contribution in [0.2, 0.25) is 0 Å². The van der Waals surface area contributed by atoms with Crippen LogP contribution < -0.4 is 16.3 Å². The zero-order chi connectivity index (χ0) is 8.97. The Balaban J connectivity index is 3.16. The molecule has 3 N–H and O–H groups in total. The van der Waals surface area contributed by atoms with Gasteiger partial charge in [0.05, 0.1) is 0 Å². The Morgan fingerprint density at radius 2 is 2.17 bits per heavy atom. The fourth-order valence-electron chi connectivity index (χ4n) is 1.31. The van der Waals surface area contributed by atoms with Gasteiger partial charge in [0.2, 0.25) is 0 Å². The third-order valence-corrected chi connectivity index (χ3v) is 1.95. The lowest BCUT2D eigenvalue weighted by Crippen LogP contribution is -2.20. The van der Waals surface area contributed by atoms with Crippen LogP contribution in [0.25, 0.3) is 12.2 Å². The molecule has 0 amide bonds. The topological polar surface area (TPSA) is 41.8 Å². The van der Waals surface area contributed by atoms with Crippen molar-refractivity contribution in [2.75, 3.05) is 6.54 Å². The molecular weight excluding hydrogens is 148 g/mol. The fourth-order valence-corrected chi connectivity index (χ4v) is 1.31. The molecule has 0 saturated heterocycles. The Bertz CT molecular complexity index is 315. The molecule has 1 heterocycles. The second-order valence-electron chi connectivity index (χ2n) is 2.78. The standard InChI is InChI=1S/C10H16N2/c1-3-8-7-9(5-6-11)12-10(8)4-2/h3-4,7,12H,5-6,11H2,1-2H3/b8-3-,10-4+. The van der Waals surface area contributed by atoms with Crippen LogP contribution in [-0.2, 0) is 6.42 Å². The molecule has 66 valence electrons. The molecule has 0 fully saturated rings. The zero-order valence-corrected chi connectivity index (χ0v) is 7.72. The summed E-state index contributed by atoms with van der Waals surface area (Å²) in [5, 5.41) is 2.46. The Kier molecular flexibility index (Phi) is 3.11. The Morgan fingerprint density at radius 3 is 2.58 bits per heavy atom. The Labute approximate surface area is 72.8 Å². The summed E-state index contributed by atoms with van der Waals surface area (Å²) in [6.45, 7) is 4.78. The van der Waals surface area contributed by atoms with Crippen LogP contribution in [0.1, 0.15) is 19.5 Å². The number of H-pyrrole nitrogens is 1. The van der Waals surface area contributed by atoms with Crippen molar-refractivity contribution in [3.05, 3.63) is 22.3 Å². The summed E-state index contributed by atoms with van der Waals surface area (Å²) >= 11 is 0. The molecule has 0 aliphatic rings. The molecule has 0 aliphatic carbocycles. The molecule has 0 radical (unpaired) electrons. The van der Waals surface area contributed by atoms with Crippen LogP contribution >= 0.6 is 0 Å². The molecule has 0 bridgehead atoms. The fraction of sp³-hybridized carbons (Fsp3) is 0.400. The first-order valence-electron chi connectivity index (χ1n) is 4.32. The van der Waals surface area contributed by atoms with E-state index in [1.54, 1.807) is 0 Å². The van der Waals surface area contributed by atoms with Gasteiger partial charge in [0.25, 0.3) is 0 Å². The number of nitrogens with one attached hydrogen (secondary N) is 1. The molecule has 0 aliphatic heterocycles. The molecule has 0 unspecified atom stereocenters. The SMILES string of the molecule is C/C=c1/cc(CCN)[nH]/c1=C/C. The molecule has 0 atom stereocenters. The molecule has 2 nitrogen and oxygen atoms in total. The van der Waals surface area contributed by atoms with Gasteiger partial charge >= 0.3 is 0 Å². The zero-order valence-electron chi connectivity index (χ0n) is 7.72. The van der Waals surface area contributed by atoms with Crippen molar-refractivity contribution in [1.82, 2.24) is 4.98 Å². The number of nitrogens with two attached hydrogens (primary N) is 1. The summed E-state index contributed by atoms with van der Waals surface area (Å²) < 4.78 is 0. The molecular formula is C10H16N2. The van der Waals surface area contributed by atoms with Crippen molar-refractivity contribution in [1.29, 1.82) is 0 Å². The molecule has 1 aromatic rings. The minimum absolute atomic E-state index is 0.701. The maximum atomic E-state index is 5.46. The van der Waals surface area contributed by atoms with Gasteiger partial charge in [-0.05, 0) is 38.1 Å². The van der Waals surface area contributed by atoms with Gasteiger partial charge in [-0.25, -0.2) is 0 Å². The molecule has 1 aromatic heterocycles. The quantitative estimate of drug-likeness (QED) is 0.640. The van der Waals surface area contributed by atoms with Crippen molar-refractivity contribution >= 4 is 12.2 Å². The normalized spacial score (nSPS) is 14.2. The first-order chi connectivity index (χ1) is 5.81. The van der Waals surface area contributed by atoms with Crippen LogP contribution in [0.5, 0.6) is 0 Å². The van der Waals surface area contributed by atoms with Crippen molar-refractivity contribution in [2.24, 2.45) is 5.73 Å². The number of rotatable bonds is 2. The summed E-state index contributed by atoms with van der Waals surface area (Å²) in [6.07, 6.45) is 5.11. The summed E-state index contributed by atoms with van der Waals surface area (Å²) in [6, 6.07) is 2.15. The van der Waals surface area contributed by atoms with Crippen LogP contribution in [0, 0.1) is 0 Å². The smallest absolute Gasteiger partial charge is 0.0409 e. The highest BCUT2D eigenvalue weighted by atomic mass is 14.7. The highest BCUT2D eigenvalue weighted by Crippen LogP contribution is 1.85. The van der Waals surface area contributed by atoms with Crippen LogP contribution in [0.3, 0.4) is 0 Å². The highest BCUT2D eigenvalue weighted by molar-refractivity contribution is 5.28. The predicted molar refractivity (Wildman–Crippen MR) is 53.1 cm³/mol. The van der Waals surface area contributed by atoms with Crippen LogP contribution in [0.15, 0.2) is 6.07 Å². The monoisotopic (exact) mass is 164 g/mol. The lowest BCUT2D eigenvalue weighted by Gasteiger charge is -1.88. The van der Waals surface area contributed by atoms with Gasteiger partial charge in [0, 0.05) is 11.0 Å². The summed E-state index contributed by atoms with van der Waals surface area (Å²) in [4.78, 5) is 3.32. The second kappa shape index (κ2) is 4.12. The molecule has 2 heteroatoms. The third-order valence-electron chi connectivity index (χ3n) is 1.95. The average Bonchev–Trinajstić information content (AvgIpc) is 2.48. The van der Waals surface area contributed by atoms with Crippen LogP contribution in [-0.4, -0.2) is 11.5 Å². The maximum Gasteiger partial charge on any atom is 0.0409 e. The lowest BCUT2D eigenvalue weighted by atomic mass is 10.3. The van der Waals surface area contributed by atoms with Gasteiger partial charge in [-0.3, -0.25) is 0 Å². The van der Waals surface area contributed by atoms with Gasteiger partial charge in [0.1, 0.15) is 0 Å². The summed E-state index contributed by atoms with van der Waals surface area (Å²) in [5.41, 5.74) is 6.68. The van der Waals surface area contributed by atoms with Crippen molar-refractivity contribution in [3.63, 3.8) is 0 Å². The lowest BCUT2D eigenvalue weighted by molar-refractivity contribution is 0.931. The maximum absolute atomic E-state index is 5.46. The van der Waals surface area contributed by atoms with Gasteiger partial charge in [-0.1, -0.05) is 12.2 Å². The predicted octanol–water partition coefficient (Wildman–Crippen LogP) is 0.117. The van der Waals surface area contributed by atoms with E-state index in [2.05, 4.69) is 23.2 Å². The van der Waals surface area contributed by atoms with Gasteiger partial charge in [-0.2, -0.15) is 0 Å². The summed E-state index contributed by atoms with van der Waals surface area (Å²) in [5.74, 6) is 0. The summed E-state index contributed by atoms with van der Waals surface area (Å²) in [7, 11) is 0. The van der Waals surface area contributed by atoms with Crippen LogP contribution in [0.4, 0.5) is 0 Å². The second-order valence-corrected chi connectivity index (χ2v) is 2.78. The average molecular weight is 164 g/mol. The van der Waals surface area contributed by atoms with E-state index < -0.39 is 0 Å². The van der Waals surface area contributed by atoms with Crippen molar-refractivity contribution in [2.45, 2.75) is 20.3 Å². The van der Waals surface area contributed by atoms with Gasteiger partial charge < -0.3 is 10.7 Å². The van der Waals surface area contributed by atoms with E-state index in [0.29, 0.717) is 6.54 Å². The number of aromatic amines is 1. The van der Waals surface area contributed by atoms with Gasteiger partial charge in [0.15, 0.2) is 0 Å². The largest absolute Gasteiger partial charge is 0.359 e. The van der Waals surface area contributed by atoms with E-state index in [9.17, 15) is 0 Å². The van der Waals surface area contributed by atoms with E-state index in [1.165, 1.54) is 16.3 Å². The van der Waals surface area contributed by atoms with E-state index in [4.69, 9.17) is 5.73 Å². The Hall–Kier alpha value is -1.02. The first kappa shape index (κ1) is 9.07. The molecule has 1 rings (SSSR count). The van der Waals surface area contributed by atoms with Crippen molar-refractivity contribution < 1.29 is 0 Å². The minimum Gasteiger partial charge on any atom is -0.359 e. The minimum atomic E-state index is 0.701. The molecule has 0 saturated carbocycles.